The predicted molar refractivity (Wildman–Crippen MR) is 114 cm³/mol. The molecule has 1 aliphatic rings. The third-order valence-electron chi connectivity index (χ3n) is 4.90. The maximum atomic E-state index is 13.0. The number of amides is 1. The molecule has 0 aromatic heterocycles. The number of hydrogen-bond acceptors (Lipinski definition) is 4. The van der Waals surface area contributed by atoms with Crippen molar-refractivity contribution in [3.8, 4) is 5.75 Å². The lowest BCUT2D eigenvalue weighted by atomic mass is 10.1. The van der Waals surface area contributed by atoms with E-state index in [4.69, 9.17) is 4.74 Å². The van der Waals surface area contributed by atoms with Crippen LogP contribution in [0.3, 0.4) is 0 Å². The van der Waals surface area contributed by atoms with E-state index in [9.17, 15) is 13.2 Å². The Morgan fingerprint density at radius 1 is 1.07 bits per heavy atom. The van der Waals surface area contributed by atoms with E-state index >= 15 is 0 Å². The number of para-hydroxylation sites is 2. The van der Waals surface area contributed by atoms with E-state index in [0.717, 1.165) is 19.3 Å². The van der Waals surface area contributed by atoms with Crippen molar-refractivity contribution in [2.45, 2.75) is 51.0 Å². The summed E-state index contributed by atoms with van der Waals surface area (Å²) in [6.45, 7) is 6.67. The third-order valence-corrected chi connectivity index (χ3v) is 6.80. The summed E-state index contributed by atoms with van der Waals surface area (Å²) >= 11 is 0. The van der Waals surface area contributed by atoms with Crippen molar-refractivity contribution in [3.63, 3.8) is 0 Å². The maximum absolute atomic E-state index is 13.0. The van der Waals surface area contributed by atoms with Crippen LogP contribution < -0.4 is 10.1 Å². The van der Waals surface area contributed by atoms with Crippen molar-refractivity contribution >= 4 is 21.6 Å². The van der Waals surface area contributed by atoms with Gasteiger partial charge in [0.05, 0.1) is 16.7 Å². The van der Waals surface area contributed by atoms with Gasteiger partial charge in [0.1, 0.15) is 5.75 Å². The molecule has 1 amide bonds. The molecule has 1 N–H and O–H groups in total. The van der Waals surface area contributed by atoms with Crippen molar-refractivity contribution in [3.05, 3.63) is 53.6 Å². The number of ether oxygens (including phenoxy) is 1. The van der Waals surface area contributed by atoms with Gasteiger partial charge in [-0.1, -0.05) is 24.6 Å². The number of carbonyl (C=O) groups excluding carboxylic acids is 1. The van der Waals surface area contributed by atoms with E-state index in [1.807, 2.05) is 26.0 Å². The summed E-state index contributed by atoms with van der Waals surface area (Å²) in [4.78, 5) is 13.1. The number of hydrogen-bond donors (Lipinski definition) is 1. The van der Waals surface area contributed by atoms with Gasteiger partial charge in [0.2, 0.25) is 10.0 Å². The molecule has 29 heavy (non-hydrogen) atoms. The van der Waals surface area contributed by atoms with Crippen LogP contribution in [0.15, 0.2) is 47.4 Å². The SMILES string of the molecule is Cc1ccc(S(=O)(=O)N2CCCCC2)cc1C(=O)Nc1ccccc1OC(C)C. The second-order valence-electron chi connectivity index (χ2n) is 7.56. The normalized spacial score (nSPS) is 15.3. The van der Waals surface area contributed by atoms with Gasteiger partial charge >= 0.3 is 0 Å². The van der Waals surface area contributed by atoms with Crippen LogP contribution in [0.4, 0.5) is 5.69 Å². The Kier molecular flexibility index (Phi) is 6.59. The molecule has 0 spiro atoms. The molecule has 0 radical (unpaired) electrons. The number of anilines is 1. The van der Waals surface area contributed by atoms with Gasteiger partial charge in [-0.3, -0.25) is 4.79 Å². The topological polar surface area (TPSA) is 75.7 Å². The molecule has 1 fully saturated rings. The van der Waals surface area contributed by atoms with Gasteiger partial charge < -0.3 is 10.1 Å². The van der Waals surface area contributed by atoms with Crippen LogP contribution >= 0.6 is 0 Å². The molecule has 1 saturated heterocycles. The monoisotopic (exact) mass is 416 g/mol. The molecule has 0 atom stereocenters. The summed E-state index contributed by atoms with van der Waals surface area (Å²) in [5, 5.41) is 2.86. The highest BCUT2D eigenvalue weighted by molar-refractivity contribution is 7.89. The van der Waals surface area contributed by atoms with Crippen molar-refractivity contribution in [1.82, 2.24) is 4.31 Å². The summed E-state index contributed by atoms with van der Waals surface area (Å²) in [6.07, 6.45) is 2.74. The Balaban J connectivity index is 1.88. The molecule has 0 unspecified atom stereocenters. The molecule has 7 heteroatoms. The molecular formula is C22H28N2O4S. The Bertz CT molecular complexity index is 980. The van der Waals surface area contributed by atoms with Gasteiger partial charge in [0.15, 0.2) is 0 Å². The summed E-state index contributed by atoms with van der Waals surface area (Å²) in [6, 6.07) is 11.9. The summed E-state index contributed by atoms with van der Waals surface area (Å²) in [5.41, 5.74) is 1.60. The zero-order chi connectivity index (χ0) is 21.0. The number of nitrogens with zero attached hydrogens (tertiary/aromatic N) is 1. The Morgan fingerprint density at radius 2 is 1.76 bits per heavy atom. The van der Waals surface area contributed by atoms with Crippen LogP contribution in [0.5, 0.6) is 5.75 Å². The van der Waals surface area contributed by atoms with Gasteiger partial charge in [-0.15, -0.1) is 0 Å². The van der Waals surface area contributed by atoms with E-state index < -0.39 is 10.0 Å². The van der Waals surface area contributed by atoms with Crippen molar-refractivity contribution in [2.24, 2.45) is 0 Å². The number of sulfonamides is 1. The Labute approximate surface area is 172 Å². The highest BCUT2D eigenvalue weighted by Crippen LogP contribution is 2.27. The van der Waals surface area contributed by atoms with Crippen LogP contribution in [0.25, 0.3) is 0 Å². The van der Waals surface area contributed by atoms with Crippen molar-refractivity contribution in [1.29, 1.82) is 0 Å². The maximum Gasteiger partial charge on any atom is 0.256 e. The van der Waals surface area contributed by atoms with Crippen LogP contribution in [0.1, 0.15) is 49.0 Å². The van der Waals surface area contributed by atoms with E-state index in [1.54, 1.807) is 31.2 Å². The third kappa shape index (κ3) is 4.97. The second-order valence-corrected chi connectivity index (χ2v) is 9.50. The lowest BCUT2D eigenvalue weighted by Gasteiger charge is -2.26. The lowest BCUT2D eigenvalue weighted by Crippen LogP contribution is -2.35. The first kappa shape index (κ1) is 21.3. The van der Waals surface area contributed by atoms with Crippen LogP contribution in [0.2, 0.25) is 0 Å². The fourth-order valence-electron chi connectivity index (χ4n) is 3.38. The van der Waals surface area contributed by atoms with Crippen molar-refractivity contribution in [2.75, 3.05) is 18.4 Å². The molecule has 2 aromatic carbocycles. The molecule has 0 saturated carbocycles. The average Bonchev–Trinajstić information content (AvgIpc) is 2.70. The Hall–Kier alpha value is -2.38. The molecule has 2 aromatic rings. The second kappa shape index (κ2) is 8.97. The molecule has 156 valence electrons. The van der Waals surface area contributed by atoms with Gasteiger partial charge in [-0.05, 0) is 63.4 Å². The van der Waals surface area contributed by atoms with Crippen LogP contribution in [0, 0.1) is 6.92 Å². The highest BCUT2D eigenvalue weighted by atomic mass is 32.2. The van der Waals surface area contributed by atoms with Gasteiger partial charge in [0, 0.05) is 18.7 Å². The quantitative estimate of drug-likeness (QED) is 0.765. The first-order chi connectivity index (χ1) is 13.8. The number of benzene rings is 2. The fraction of sp³-hybridized carbons (Fsp3) is 0.409. The van der Waals surface area contributed by atoms with Crippen LogP contribution in [-0.4, -0.2) is 37.8 Å². The average molecular weight is 417 g/mol. The van der Waals surface area contributed by atoms with Gasteiger partial charge in [-0.25, -0.2) is 8.42 Å². The van der Waals surface area contributed by atoms with E-state index in [1.165, 1.54) is 10.4 Å². The van der Waals surface area contributed by atoms with Crippen LogP contribution in [-0.2, 0) is 10.0 Å². The molecule has 3 rings (SSSR count). The number of piperidine rings is 1. The van der Waals surface area contributed by atoms with Gasteiger partial charge in [0.25, 0.3) is 5.91 Å². The zero-order valence-electron chi connectivity index (χ0n) is 17.1. The zero-order valence-corrected chi connectivity index (χ0v) is 18.0. The Morgan fingerprint density at radius 3 is 2.45 bits per heavy atom. The minimum Gasteiger partial charge on any atom is -0.489 e. The molecule has 0 aliphatic carbocycles. The summed E-state index contributed by atoms with van der Waals surface area (Å²) in [5.74, 6) is 0.212. The standard InChI is InChI=1S/C22H28N2O4S/c1-16(2)28-21-10-6-5-9-20(21)23-22(25)19-15-18(12-11-17(19)3)29(26,27)24-13-7-4-8-14-24/h5-6,9-12,15-16H,4,7-8,13-14H2,1-3H3,(H,23,25). The van der Waals surface area contributed by atoms with E-state index in [0.29, 0.717) is 35.7 Å². The van der Waals surface area contributed by atoms with E-state index in [-0.39, 0.29) is 16.9 Å². The largest absolute Gasteiger partial charge is 0.489 e. The molecular weight excluding hydrogens is 388 g/mol. The number of carbonyl (C=O) groups is 1. The highest BCUT2D eigenvalue weighted by Gasteiger charge is 2.27. The van der Waals surface area contributed by atoms with Gasteiger partial charge in [-0.2, -0.15) is 4.31 Å². The number of nitrogens with one attached hydrogen (secondary N) is 1. The summed E-state index contributed by atoms with van der Waals surface area (Å²) in [7, 11) is -3.60. The van der Waals surface area contributed by atoms with E-state index in [2.05, 4.69) is 5.32 Å². The molecule has 1 aliphatic heterocycles. The minimum absolute atomic E-state index is 0.0344. The predicted octanol–water partition coefficient (Wildman–Crippen LogP) is 4.21. The fourth-order valence-corrected chi connectivity index (χ4v) is 4.92. The molecule has 6 nitrogen and oxygen atoms in total. The molecule has 0 bridgehead atoms. The first-order valence-corrected chi connectivity index (χ1v) is 11.4. The summed E-state index contributed by atoms with van der Waals surface area (Å²) < 4.78 is 33.2. The number of aryl methyl sites for hydroxylation is 1. The minimum atomic E-state index is -3.60. The number of rotatable bonds is 6. The smallest absolute Gasteiger partial charge is 0.256 e. The van der Waals surface area contributed by atoms with Crippen molar-refractivity contribution < 1.29 is 17.9 Å². The lowest BCUT2D eigenvalue weighted by molar-refractivity contribution is 0.102. The molecule has 1 heterocycles. The first-order valence-electron chi connectivity index (χ1n) is 9.97.